The van der Waals surface area contributed by atoms with Crippen molar-refractivity contribution in [3.8, 4) is 11.4 Å². The second-order valence-corrected chi connectivity index (χ2v) is 7.72. The van der Waals surface area contributed by atoms with Crippen molar-refractivity contribution < 1.29 is 8.78 Å². The highest BCUT2D eigenvalue weighted by Crippen LogP contribution is 2.21. The number of nitrogens with zero attached hydrogens (tertiary/aromatic N) is 6. The minimum absolute atomic E-state index is 0.210. The number of piperazine rings is 1. The summed E-state index contributed by atoms with van der Waals surface area (Å²) >= 11 is 0. The van der Waals surface area contributed by atoms with Crippen LogP contribution in [0.15, 0.2) is 60.7 Å². The summed E-state index contributed by atoms with van der Waals surface area (Å²) in [4.78, 5) is 4.66. The highest BCUT2D eigenvalue weighted by atomic mass is 19.1. The van der Waals surface area contributed by atoms with Crippen LogP contribution < -0.4 is 10.2 Å². The van der Waals surface area contributed by atoms with Crippen LogP contribution in [-0.4, -0.2) is 64.0 Å². The van der Waals surface area contributed by atoms with E-state index in [0.717, 1.165) is 45.0 Å². The molecule has 164 valence electrons. The van der Waals surface area contributed by atoms with E-state index in [-0.39, 0.29) is 11.6 Å². The van der Waals surface area contributed by atoms with Crippen LogP contribution in [0.1, 0.15) is 0 Å². The standard InChI is InChI=1S/C23H23F2N7/c24-17-5-7-18(8-6-17)31-15-13-30(14-16-31)12-11-26-21-9-10-22-27-28-23(32(22)29-21)19-3-1-2-4-20(19)25/h1-10H,11-16H2,(H,26,29). The Balaban J connectivity index is 1.18. The molecule has 2 aromatic heterocycles. The Hall–Kier alpha value is -3.59. The number of benzene rings is 2. The summed E-state index contributed by atoms with van der Waals surface area (Å²) in [5, 5.41) is 16.1. The molecule has 2 aromatic carbocycles. The Morgan fingerprint density at radius 2 is 1.62 bits per heavy atom. The monoisotopic (exact) mass is 435 g/mol. The third kappa shape index (κ3) is 4.24. The zero-order valence-corrected chi connectivity index (χ0v) is 17.5. The van der Waals surface area contributed by atoms with Crippen molar-refractivity contribution in [3.05, 3.63) is 72.3 Å². The molecule has 5 rings (SSSR count). The molecule has 1 saturated heterocycles. The van der Waals surface area contributed by atoms with Crippen LogP contribution in [-0.2, 0) is 0 Å². The first kappa shape index (κ1) is 20.3. The first-order valence-electron chi connectivity index (χ1n) is 10.6. The number of hydrogen-bond donors (Lipinski definition) is 1. The van der Waals surface area contributed by atoms with E-state index >= 15 is 0 Å². The molecule has 4 aromatic rings. The van der Waals surface area contributed by atoms with E-state index < -0.39 is 0 Å². The van der Waals surface area contributed by atoms with Gasteiger partial charge in [0.15, 0.2) is 11.5 Å². The first-order valence-corrected chi connectivity index (χ1v) is 10.6. The van der Waals surface area contributed by atoms with Crippen molar-refractivity contribution in [2.75, 3.05) is 49.5 Å². The summed E-state index contributed by atoms with van der Waals surface area (Å²) in [5.74, 6) is 0.484. The molecule has 32 heavy (non-hydrogen) atoms. The molecule has 3 heterocycles. The quantitative estimate of drug-likeness (QED) is 0.502. The van der Waals surface area contributed by atoms with Crippen molar-refractivity contribution in [3.63, 3.8) is 0 Å². The number of anilines is 2. The average molecular weight is 435 g/mol. The Morgan fingerprint density at radius 1 is 0.844 bits per heavy atom. The van der Waals surface area contributed by atoms with Crippen LogP contribution >= 0.6 is 0 Å². The second-order valence-electron chi connectivity index (χ2n) is 7.72. The minimum Gasteiger partial charge on any atom is -0.369 e. The number of aromatic nitrogens is 4. The van der Waals surface area contributed by atoms with Gasteiger partial charge in [-0.2, -0.15) is 4.52 Å². The second kappa shape index (κ2) is 8.88. The van der Waals surface area contributed by atoms with Gasteiger partial charge in [-0.15, -0.1) is 15.3 Å². The third-order valence-corrected chi connectivity index (χ3v) is 5.68. The van der Waals surface area contributed by atoms with E-state index in [1.54, 1.807) is 22.7 Å². The normalized spacial score (nSPS) is 14.8. The number of hydrogen-bond acceptors (Lipinski definition) is 6. The summed E-state index contributed by atoms with van der Waals surface area (Å²) in [6, 6.07) is 16.8. The maximum atomic E-state index is 14.2. The molecule has 7 nitrogen and oxygen atoms in total. The molecule has 0 bridgehead atoms. The van der Waals surface area contributed by atoms with Crippen molar-refractivity contribution >= 4 is 17.2 Å². The Bertz CT molecular complexity index is 1200. The van der Waals surface area contributed by atoms with Crippen LogP contribution in [0, 0.1) is 11.6 Å². The summed E-state index contributed by atoms with van der Waals surface area (Å²) in [6.07, 6.45) is 0. The van der Waals surface area contributed by atoms with Gasteiger partial charge in [0.2, 0.25) is 0 Å². The number of nitrogens with one attached hydrogen (secondary N) is 1. The zero-order chi connectivity index (χ0) is 21.9. The van der Waals surface area contributed by atoms with Gasteiger partial charge in [0.05, 0.1) is 5.56 Å². The van der Waals surface area contributed by atoms with Crippen LogP contribution in [0.4, 0.5) is 20.3 Å². The molecular formula is C23H23F2N7. The topological polar surface area (TPSA) is 61.6 Å². The molecule has 1 fully saturated rings. The average Bonchev–Trinajstić information content (AvgIpc) is 3.24. The molecule has 0 amide bonds. The smallest absolute Gasteiger partial charge is 0.188 e. The molecule has 1 aliphatic heterocycles. The fourth-order valence-corrected chi connectivity index (χ4v) is 3.92. The predicted molar refractivity (Wildman–Crippen MR) is 120 cm³/mol. The summed E-state index contributed by atoms with van der Waals surface area (Å²) < 4.78 is 28.9. The van der Waals surface area contributed by atoms with Gasteiger partial charge in [-0.3, -0.25) is 4.90 Å². The number of halogens is 2. The fourth-order valence-electron chi connectivity index (χ4n) is 3.92. The van der Waals surface area contributed by atoms with E-state index in [1.165, 1.54) is 18.2 Å². The molecule has 0 unspecified atom stereocenters. The molecule has 0 saturated carbocycles. The van der Waals surface area contributed by atoms with Crippen LogP contribution in [0.3, 0.4) is 0 Å². The van der Waals surface area contributed by atoms with Crippen molar-refractivity contribution in [2.24, 2.45) is 0 Å². The highest BCUT2D eigenvalue weighted by molar-refractivity contribution is 5.60. The minimum atomic E-state index is -0.359. The van der Waals surface area contributed by atoms with E-state index in [1.807, 2.05) is 24.3 Å². The van der Waals surface area contributed by atoms with E-state index in [2.05, 4.69) is 30.4 Å². The lowest BCUT2D eigenvalue weighted by Crippen LogP contribution is -2.47. The van der Waals surface area contributed by atoms with Gasteiger partial charge in [0.1, 0.15) is 17.5 Å². The summed E-state index contributed by atoms with van der Waals surface area (Å²) in [5.41, 5.74) is 1.98. The zero-order valence-electron chi connectivity index (χ0n) is 17.5. The number of rotatable bonds is 6. The van der Waals surface area contributed by atoms with Gasteiger partial charge in [0, 0.05) is 45.0 Å². The van der Waals surface area contributed by atoms with Gasteiger partial charge in [0.25, 0.3) is 0 Å². The van der Waals surface area contributed by atoms with E-state index in [9.17, 15) is 8.78 Å². The SMILES string of the molecule is Fc1ccc(N2CCN(CCNc3ccc4nnc(-c5ccccc5F)n4n3)CC2)cc1. The van der Waals surface area contributed by atoms with Gasteiger partial charge in [-0.05, 0) is 48.5 Å². The Morgan fingerprint density at radius 3 is 2.41 bits per heavy atom. The largest absolute Gasteiger partial charge is 0.369 e. The molecular weight excluding hydrogens is 412 g/mol. The lowest BCUT2D eigenvalue weighted by atomic mass is 10.2. The molecule has 0 radical (unpaired) electrons. The third-order valence-electron chi connectivity index (χ3n) is 5.68. The molecule has 0 atom stereocenters. The van der Waals surface area contributed by atoms with Gasteiger partial charge < -0.3 is 10.2 Å². The maximum absolute atomic E-state index is 14.2. The maximum Gasteiger partial charge on any atom is 0.188 e. The fraction of sp³-hybridized carbons (Fsp3) is 0.261. The molecule has 1 N–H and O–H groups in total. The lowest BCUT2D eigenvalue weighted by Gasteiger charge is -2.36. The molecule has 9 heteroatoms. The van der Waals surface area contributed by atoms with Crippen molar-refractivity contribution in [1.29, 1.82) is 0 Å². The molecule has 1 aliphatic rings. The molecule has 0 spiro atoms. The van der Waals surface area contributed by atoms with Gasteiger partial charge >= 0.3 is 0 Å². The Labute approximate surface area is 184 Å². The lowest BCUT2D eigenvalue weighted by molar-refractivity contribution is 0.267. The predicted octanol–water partition coefficient (Wildman–Crippen LogP) is 3.30. The molecule has 0 aliphatic carbocycles. The summed E-state index contributed by atoms with van der Waals surface area (Å²) in [6.45, 7) is 5.29. The Kier molecular flexibility index (Phi) is 5.64. The first-order chi connectivity index (χ1) is 15.7. The van der Waals surface area contributed by atoms with E-state index in [0.29, 0.717) is 22.9 Å². The van der Waals surface area contributed by atoms with Gasteiger partial charge in [-0.1, -0.05) is 12.1 Å². The van der Waals surface area contributed by atoms with Crippen molar-refractivity contribution in [1.82, 2.24) is 24.7 Å². The van der Waals surface area contributed by atoms with Crippen molar-refractivity contribution in [2.45, 2.75) is 0 Å². The van der Waals surface area contributed by atoms with E-state index in [4.69, 9.17) is 0 Å². The summed E-state index contributed by atoms with van der Waals surface area (Å²) in [7, 11) is 0. The van der Waals surface area contributed by atoms with Crippen LogP contribution in [0.5, 0.6) is 0 Å². The number of fused-ring (bicyclic) bond motifs is 1. The van der Waals surface area contributed by atoms with Gasteiger partial charge in [-0.25, -0.2) is 8.78 Å². The highest BCUT2D eigenvalue weighted by Gasteiger charge is 2.17. The van der Waals surface area contributed by atoms with Crippen LogP contribution in [0.25, 0.3) is 17.0 Å². The van der Waals surface area contributed by atoms with Crippen LogP contribution in [0.2, 0.25) is 0 Å².